The van der Waals surface area contributed by atoms with Crippen LogP contribution in [-0.4, -0.2) is 71.0 Å². The number of nitrogens with zero attached hydrogens (tertiary/aromatic N) is 5. The Kier molecular flexibility index (Phi) is 6.06. The summed E-state index contributed by atoms with van der Waals surface area (Å²) in [6.07, 6.45) is 4.84. The van der Waals surface area contributed by atoms with Crippen molar-refractivity contribution in [3.8, 4) is 0 Å². The van der Waals surface area contributed by atoms with Crippen LogP contribution in [0, 0.1) is 13.8 Å². The van der Waals surface area contributed by atoms with Crippen molar-refractivity contribution in [1.82, 2.24) is 19.8 Å². The van der Waals surface area contributed by atoms with Gasteiger partial charge in [0.1, 0.15) is 16.5 Å². The Hall–Kier alpha value is -1.73. The number of anilines is 1. The van der Waals surface area contributed by atoms with Gasteiger partial charge in [-0.1, -0.05) is 6.92 Å². The molecule has 1 unspecified atom stereocenters. The predicted octanol–water partition coefficient (Wildman–Crippen LogP) is 3.85. The van der Waals surface area contributed by atoms with E-state index in [2.05, 4.69) is 30.6 Å². The van der Waals surface area contributed by atoms with Crippen molar-refractivity contribution in [3.05, 3.63) is 16.3 Å². The highest BCUT2D eigenvalue weighted by Crippen LogP contribution is 2.38. The third-order valence-electron chi connectivity index (χ3n) is 6.35. The molecule has 0 bridgehead atoms. The number of piperazine rings is 1. The molecule has 1 atom stereocenters. The number of hydrogen-bond donors (Lipinski definition) is 0. The van der Waals surface area contributed by atoms with E-state index in [1.54, 1.807) is 11.3 Å². The first-order valence-corrected chi connectivity index (χ1v) is 11.9. The van der Waals surface area contributed by atoms with Crippen LogP contribution >= 0.6 is 11.3 Å². The van der Waals surface area contributed by atoms with Crippen molar-refractivity contribution in [2.75, 3.05) is 44.2 Å². The largest absolute Gasteiger partial charge is 0.353 e. The summed E-state index contributed by atoms with van der Waals surface area (Å²) in [7, 11) is 0. The van der Waals surface area contributed by atoms with Gasteiger partial charge in [0.05, 0.1) is 10.3 Å². The molecule has 2 fully saturated rings. The van der Waals surface area contributed by atoms with Crippen LogP contribution in [0.2, 0.25) is 0 Å². The molecule has 7 heteroatoms. The molecule has 2 aliphatic heterocycles. The van der Waals surface area contributed by atoms with Gasteiger partial charge in [-0.15, -0.1) is 11.3 Å². The number of thiophene rings is 1. The first-order chi connectivity index (χ1) is 14.0. The molecule has 0 spiro atoms. The number of piperidine rings is 1. The highest BCUT2D eigenvalue weighted by Gasteiger charge is 2.29. The lowest BCUT2D eigenvalue weighted by atomic mass is 10.0. The van der Waals surface area contributed by atoms with Crippen LogP contribution in [-0.2, 0) is 0 Å². The zero-order valence-electron chi connectivity index (χ0n) is 18.2. The molecule has 0 radical (unpaired) electrons. The summed E-state index contributed by atoms with van der Waals surface area (Å²) in [5.41, 5.74) is 1.05. The van der Waals surface area contributed by atoms with Crippen molar-refractivity contribution in [2.45, 2.75) is 59.4 Å². The average molecular weight is 416 g/mol. The fourth-order valence-electron chi connectivity index (χ4n) is 4.68. The van der Waals surface area contributed by atoms with E-state index in [0.29, 0.717) is 6.04 Å². The minimum atomic E-state index is 0.164. The summed E-state index contributed by atoms with van der Waals surface area (Å²) in [5.74, 6) is 1.98. The lowest BCUT2D eigenvalue weighted by molar-refractivity contribution is 0.0642. The van der Waals surface area contributed by atoms with Crippen molar-refractivity contribution in [1.29, 1.82) is 0 Å². The van der Waals surface area contributed by atoms with E-state index >= 15 is 0 Å². The Morgan fingerprint density at radius 2 is 1.86 bits per heavy atom. The first kappa shape index (κ1) is 20.5. The second kappa shape index (κ2) is 8.56. The summed E-state index contributed by atoms with van der Waals surface area (Å²) in [4.78, 5) is 31.6. The van der Waals surface area contributed by atoms with Crippen LogP contribution in [0.15, 0.2) is 0 Å². The van der Waals surface area contributed by atoms with Crippen molar-refractivity contribution >= 4 is 33.3 Å². The summed E-state index contributed by atoms with van der Waals surface area (Å²) in [6.45, 7) is 14.3. The maximum atomic E-state index is 13.3. The fraction of sp³-hybridized carbons (Fsp3) is 0.682. The van der Waals surface area contributed by atoms with Gasteiger partial charge in [0.15, 0.2) is 0 Å². The Balaban J connectivity index is 1.65. The van der Waals surface area contributed by atoms with Crippen LogP contribution in [0.3, 0.4) is 0 Å². The topological polar surface area (TPSA) is 52.6 Å². The molecule has 158 valence electrons. The normalized spacial score (nSPS) is 21.2. The minimum absolute atomic E-state index is 0.164. The number of fused-ring (bicyclic) bond motifs is 1. The van der Waals surface area contributed by atoms with Gasteiger partial charge in [-0.05, 0) is 58.6 Å². The van der Waals surface area contributed by atoms with Gasteiger partial charge in [0, 0.05) is 38.8 Å². The van der Waals surface area contributed by atoms with Crippen LogP contribution in [0.1, 0.15) is 60.6 Å². The molecule has 0 aliphatic carbocycles. The highest BCUT2D eigenvalue weighted by atomic mass is 32.1. The molecule has 0 saturated carbocycles. The number of rotatable bonds is 4. The standard InChI is InChI=1S/C22H33N5OS/c1-5-9-25-11-13-26(14-12-25)22(28)19-16(3)18-20(23-17(4)24-21(18)29-19)27-10-7-6-8-15(27)2/h15H,5-14H2,1-4H3. The van der Waals surface area contributed by atoms with E-state index in [4.69, 9.17) is 9.97 Å². The molecule has 1 amide bonds. The molecule has 2 saturated heterocycles. The molecular formula is C22H33N5OS. The van der Waals surface area contributed by atoms with Gasteiger partial charge in [-0.25, -0.2) is 9.97 Å². The molecular weight excluding hydrogens is 382 g/mol. The highest BCUT2D eigenvalue weighted by molar-refractivity contribution is 7.20. The summed E-state index contributed by atoms with van der Waals surface area (Å²) in [6, 6.07) is 0.478. The second-order valence-electron chi connectivity index (χ2n) is 8.50. The first-order valence-electron chi connectivity index (χ1n) is 11.1. The molecule has 4 rings (SSSR count). The molecule has 29 heavy (non-hydrogen) atoms. The fourth-order valence-corrected chi connectivity index (χ4v) is 5.87. The van der Waals surface area contributed by atoms with E-state index in [-0.39, 0.29) is 5.91 Å². The maximum Gasteiger partial charge on any atom is 0.264 e. The molecule has 6 nitrogen and oxygen atoms in total. The maximum absolute atomic E-state index is 13.3. The number of aryl methyl sites for hydroxylation is 2. The van der Waals surface area contributed by atoms with E-state index in [1.165, 1.54) is 25.7 Å². The van der Waals surface area contributed by atoms with Gasteiger partial charge in [0.2, 0.25) is 0 Å². The molecule has 0 N–H and O–H groups in total. The number of carbonyl (C=O) groups excluding carboxylic acids is 1. The Bertz CT molecular complexity index is 887. The van der Waals surface area contributed by atoms with E-state index in [0.717, 1.165) is 71.6 Å². The van der Waals surface area contributed by atoms with E-state index < -0.39 is 0 Å². The monoisotopic (exact) mass is 415 g/mol. The van der Waals surface area contributed by atoms with E-state index in [9.17, 15) is 4.79 Å². The summed E-state index contributed by atoms with van der Waals surface area (Å²) in [5, 5.41) is 1.09. The van der Waals surface area contributed by atoms with Gasteiger partial charge >= 0.3 is 0 Å². The number of aromatic nitrogens is 2. The Labute approximate surface area is 177 Å². The van der Waals surface area contributed by atoms with Gasteiger partial charge in [-0.3, -0.25) is 9.69 Å². The van der Waals surface area contributed by atoms with Gasteiger partial charge in [-0.2, -0.15) is 0 Å². The van der Waals surface area contributed by atoms with E-state index in [1.807, 2.05) is 11.8 Å². The molecule has 2 aliphatic rings. The molecule has 0 aromatic carbocycles. The third kappa shape index (κ3) is 3.99. The SMILES string of the molecule is CCCN1CCN(C(=O)c2sc3nc(C)nc(N4CCCCC4C)c3c2C)CC1. The molecule has 2 aromatic rings. The molecule has 4 heterocycles. The van der Waals surface area contributed by atoms with Crippen molar-refractivity contribution in [3.63, 3.8) is 0 Å². The number of amides is 1. The molecule has 2 aromatic heterocycles. The zero-order valence-corrected chi connectivity index (χ0v) is 19.0. The lowest BCUT2D eigenvalue weighted by Gasteiger charge is -2.35. The van der Waals surface area contributed by atoms with Crippen LogP contribution < -0.4 is 4.90 Å². The van der Waals surface area contributed by atoms with Crippen LogP contribution in [0.5, 0.6) is 0 Å². The average Bonchev–Trinajstić information content (AvgIpc) is 3.04. The van der Waals surface area contributed by atoms with Gasteiger partial charge < -0.3 is 9.80 Å². The smallest absolute Gasteiger partial charge is 0.264 e. The summed E-state index contributed by atoms with van der Waals surface area (Å²) < 4.78 is 0. The predicted molar refractivity (Wildman–Crippen MR) is 120 cm³/mol. The Morgan fingerprint density at radius 1 is 1.10 bits per heavy atom. The number of hydrogen-bond acceptors (Lipinski definition) is 6. The second-order valence-corrected chi connectivity index (χ2v) is 9.50. The summed E-state index contributed by atoms with van der Waals surface area (Å²) >= 11 is 1.55. The lowest BCUT2D eigenvalue weighted by Crippen LogP contribution is -2.48. The Morgan fingerprint density at radius 3 is 2.55 bits per heavy atom. The quantitative estimate of drug-likeness (QED) is 0.759. The number of carbonyl (C=O) groups is 1. The van der Waals surface area contributed by atoms with Crippen LogP contribution in [0.25, 0.3) is 10.2 Å². The van der Waals surface area contributed by atoms with Crippen LogP contribution in [0.4, 0.5) is 5.82 Å². The van der Waals surface area contributed by atoms with Gasteiger partial charge in [0.25, 0.3) is 5.91 Å². The third-order valence-corrected chi connectivity index (χ3v) is 7.53. The van der Waals surface area contributed by atoms with Crippen molar-refractivity contribution in [2.24, 2.45) is 0 Å². The zero-order chi connectivity index (χ0) is 20.5. The minimum Gasteiger partial charge on any atom is -0.353 e. The van der Waals surface area contributed by atoms with Crippen molar-refractivity contribution < 1.29 is 4.79 Å².